The summed E-state index contributed by atoms with van der Waals surface area (Å²) in [7, 11) is 0. The Morgan fingerprint density at radius 1 is 1.30 bits per heavy atom. The number of piperidine rings is 1. The molecule has 1 atom stereocenters. The summed E-state index contributed by atoms with van der Waals surface area (Å²) in [6.45, 7) is 1.65. The summed E-state index contributed by atoms with van der Waals surface area (Å²) in [4.78, 5) is 18.7. The van der Waals surface area contributed by atoms with Crippen LogP contribution in [0.4, 0.5) is 4.39 Å². The molecule has 27 heavy (non-hydrogen) atoms. The van der Waals surface area contributed by atoms with Crippen molar-refractivity contribution in [2.45, 2.75) is 25.8 Å². The molecule has 0 radical (unpaired) electrons. The quantitative estimate of drug-likeness (QED) is 0.691. The number of hydrogen-bond donors (Lipinski definition) is 0. The molecular formula is C19H20FN5O2. The van der Waals surface area contributed by atoms with E-state index < -0.39 is 0 Å². The third-order valence-electron chi connectivity index (χ3n) is 4.77. The van der Waals surface area contributed by atoms with E-state index in [1.807, 2.05) is 4.90 Å². The van der Waals surface area contributed by atoms with Crippen molar-refractivity contribution in [2.24, 2.45) is 5.92 Å². The fraction of sp³-hybridized carbons (Fsp3) is 0.368. The van der Waals surface area contributed by atoms with Crippen molar-refractivity contribution in [3.05, 3.63) is 54.4 Å². The van der Waals surface area contributed by atoms with Gasteiger partial charge < -0.3 is 9.42 Å². The van der Waals surface area contributed by atoms with Crippen molar-refractivity contribution in [1.29, 1.82) is 0 Å². The number of nitrogens with zero attached hydrogens (tertiary/aromatic N) is 5. The molecule has 4 rings (SSSR count). The smallest absolute Gasteiger partial charge is 0.244 e. The zero-order valence-electron chi connectivity index (χ0n) is 14.8. The van der Waals surface area contributed by atoms with Crippen molar-refractivity contribution in [1.82, 2.24) is 24.8 Å². The molecule has 140 valence electrons. The molecule has 1 aliphatic rings. The lowest BCUT2D eigenvalue weighted by Crippen LogP contribution is -2.42. The lowest BCUT2D eigenvalue weighted by Gasteiger charge is -2.32. The van der Waals surface area contributed by atoms with E-state index in [2.05, 4.69) is 15.2 Å². The maximum absolute atomic E-state index is 13.9. The average molecular weight is 369 g/mol. The Balaban J connectivity index is 1.38. The molecule has 1 aliphatic heterocycles. The number of benzene rings is 1. The van der Waals surface area contributed by atoms with E-state index in [-0.39, 0.29) is 30.0 Å². The second-order valence-corrected chi connectivity index (χ2v) is 6.75. The molecule has 0 unspecified atom stereocenters. The van der Waals surface area contributed by atoms with Gasteiger partial charge in [0.15, 0.2) is 0 Å². The predicted octanol–water partition coefficient (Wildman–Crippen LogP) is 2.55. The molecule has 1 fully saturated rings. The van der Waals surface area contributed by atoms with E-state index in [9.17, 15) is 9.18 Å². The van der Waals surface area contributed by atoms with Crippen LogP contribution in [0.2, 0.25) is 0 Å². The number of carbonyl (C=O) groups is 1. The Labute approximate surface area is 155 Å². The standard InChI is InChI=1S/C19H20FN5O2/c20-16-7-2-1-6-15(16)19-22-17(27-23-19)11-14-5-3-9-24(12-14)18(26)13-25-10-4-8-21-25/h1-2,4,6-8,10,14H,3,5,9,11-13H2/t14-/m0/s1. The molecule has 8 heteroatoms. The van der Waals surface area contributed by atoms with Crippen molar-refractivity contribution in [3.63, 3.8) is 0 Å². The van der Waals surface area contributed by atoms with Gasteiger partial charge in [0.1, 0.15) is 12.4 Å². The van der Waals surface area contributed by atoms with Crippen LogP contribution in [-0.2, 0) is 17.8 Å². The summed E-state index contributed by atoms with van der Waals surface area (Å²) in [6.07, 6.45) is 5.94. The predicted molar refractivity (Wildman–Crippen MR) is 94.9 cm³/mol. The Hall–Kier alpha value is -3.03. The molecule has 2 aromatic heterocycles. The number of carbonyl (C=O) groups excluding carboxylic acids is 1. The Bertz CT molecular complexity index is 908. The fourth-order valence-electron chi connectivity index (χ4n) is 3.43. The summed E-state index contributed by atoms with van der Waals surface area (Å²) in [5.41, 5.74) is 0.326. The lowest BCUT2D eigenvalue weighted by molar-refractivity contribution is -0.133. The SMILES string of the molecule is O=C(Cn1cccn1)N1CCC[C@@H](Cc2nc(-c3ccccc3F)no2)C1. The van der Waals surface area contributed by atoms with Gasteiger partial charge in [-0.3, -0.25) is 9.48 Å². The van der Waals surface area contributed by atoms with Crippen LogP contribution in [0, 0.1) is 11.7 Å². The Morgan fingerprint density at radius 3 is 3.00 bits per heavy atom. The maximum atomic E-state index is 13.9. The molecule has 0 saturated carbocycles. The topological polar surface area (TPSA) is 77.1 Å². The molecule has 0 aliphatic carbocycles. The van der Waals surface area contributed by atoms with Crippen LogP contribution < -0.4 is 0 Å². The zero-order chi connectivity index (χ0) is 18.6. The van der Waals surface area contributed by atoms with Crippen LogP contribution in [0.1, 0.15) is 18.7 Å². The first-order chi connectivity index (χ1) is 13.2. The van der Waals surface area contributed by atoms with Crippen LogP contribution in [0.15, 0.2) is 47.2 Å². The van der Waals surface area contributed by atoms with Gasteiger partial charge >= 0.3 is 0 Å². The number of aromatic nitrogens is 4. The third kappa shape index (κ3) is 4.05. The molecule has 0 bridgehead atoms. The van der Waals surface area contributed by atoms with Gasteiger partial charge in [-0.1, -0.05) is 17.3 Å². The number of rotatable bonds is 5. The summed E-state index contributed by atoms with van der Waals surface area (Å²) in [5.74, 6) is 0.651. The van der Waals surface area contributed by atoms with Gasteiger partial charge in [-0.25, -0.2) is 4.39 Å². The highest BCUT2D eigenvalue weighted by atomic mass is 19.1. The van der Waals surface area contributed by atoms with E-state index in [4.69, 9.17) is 4.52 Å². The van der Waals surface area contributed by atoms with Crippen molar-refractivity contribution < 1.29 is 13.7 Å². The second kappa shape index (κ2) is 7.69. The van der Waals surface area contributed by atoms with E-state index in [1.165, 1.54) is 6.07 Å². The summed E-state index contributed by atoms with van der Waals surface area (Å²) in [5, 5.41) is 7.98. The van der Waals surface area contributed by atoms with Crippen LogP contribution in [0.3, 0.4) is 0 Å². The van der Waals surface area contributed by atoms with Crippen molar-refractivity contribution >= 4 is 5.91 Å². The maximum Gasteiger partial charge on any atom is 0.244 e. The van der Waals surface area contributed by atoms with Gasteiger partial charge in [0.25, 0.3) is 0 Å². The summed E-state index contributed by atoms with van der Waals surface area (Å²) >= 11 is 0. The minimum Gasteiger partial charge on any atom is -0.341 e. The Morgan fingerprint density at radius 2 is 2.19 bits per heavy atom. The highest BCUT2D eigenvalue weighted by Crippen LogP contribution is 2.23. The molecule has 3 aromatic rings. The van der Waals surface area contributed by atoms with Crippen molar-refractivity contribution in [3.8, 4) is 11.4 Å². The second-order valence-electron chi connectivity index (χ2n) is 6.75. The highest BCUT2D eigenvalue weighted by molar-refractivity contribution is 5.76. The van der Waals surface area contributed by atoms with Gasteiger partial charge in [0.05, 0.1) is 5.56 Å². The van der Waals surface area contributed by atoms with Gasteiger partial charge in [-0.05, 0) is 37.0 Å². The number of hydrogen-bond acceptors (Lipinski definition) is 5. The van der Waals surface area contributed by atoms with Gasteiger partial charge in [-0.15, -0.1) is 0 Å². The molecular weight excluding hydrogens is 349 g/mol. The molecule has 3 heterocycles. The molecule has 1 aromatic carbocycles. The molecule has 7 nitrogen and oxygen atoms in total. The molecule has 0 N–H and O–H groups in total. The lowest BCUT2D eigenvalue weighted by atomic mass is 9.94. The van der Waals surface area contributed by atoms with E-state index >= 15 is 0 Å². The normalized spacial score (nSPS) is 17.2. The number of amides is 1. The first-order valence-electron chi connectivity index (χ1n) is 9.02. The monoisotopic (exact) mass is 369 g/mol. The van der Waals surface area contributed by atoms with E-state index in [0.717, 1.165) is 19.4 Å². The van der Waals surface area contributed by atoms with Crippen LogP contribution in [0.5, 0.6) is 0 Å². The van der Waals surface area contributed by atoms with Gasteiger partial charge in [-0.2, -0.15) is 10.1 Å². The van der Waals surface area contributed by atoms with Gasteiger partial charge in [0.2, 0.25) is 17.6 Å². The van der Waals surface area contributed by atoms with Crippen LogP contribution >= 0.6 is 0 Å². The van der Waals surface area contributed by atoms with E-state index in [1.54, 1.807) is 41.3 Å². The van der Waals surface area contributed by atoms with Crippen LogP contribution in [-0.4, -0.2) is 43.8 Å². The molecule has 1 amide bonds. The number of halogens is 1. The summed E-state index contributed by atoms with van der Waals surface area (Å²) < 4.78 is 20.8. The zero-order valence-corrected chi connectivity index (χ0v) is 14.8. The fourth-order valence-corrected chi connectivity index (χ4v) is 3.43. The first-order valence-corrected chi connectivity index (χ1v) is 9.02. The van der Waals surface area contributed by atoms with Crippen molar-refractivity contribution in [2.75, 3.05) is 13.1 Å². The molecule has 1 saturated heterocycles. The van der Waals surface area contributed by atoms with Crippen LogP contribution in [0.25, 0.3) is 11.4 Å². The van der Waals surface area contributed by atoms with Gasteiger partial charge in [0, 0.05) is 31.9 Å². The number of likely N-dealkylation sites (tertiary alicyclic amines) is 1. The minimum absolute atomic E-state index is 0.0565. The third-order valence-corrected chi connectivity index (χ3v) is 4.77. The minimum atomic E-state index is -0.377. The highest BCUT2D eigenvalue weighted by Gasteiger charge is 2.26. The largest absolute Gasteiger partial charge is 0.341 e. The van der Waals surface area contributed by atoms with E-state index in [0.29, 0.717) is 24.4 Å². The Kier molecular flexibility index (Phi) is 4.95. The first kappa shape index (κ1) is 17.4. The molecule has 0 spiro atoms. The summed E-state index contributed by atoms with van der Waals surface area (Å²) in [6, 6.07) is 8.15. The average Bonchev–Trinajstić information content (AvgIpc) is 3.34.